The van der Waals surface area contributed by atoms with E-state index in [4.69, 9.17) is 36.1 Å². The van der Waals surface area contributed by atoms with Crippen molar-refractivity contribution in [3.05, 3.63) is 0 Å². The van der Waals surface area contributed by atoms with E-state index in [1.54, 1.807) is 14.0 Å². The van der Waals surface area contributed by atoms with Crippen LogP contribution >= 0.6 is 0 Å². The summed E-state index contributed by atoms with van der Waals surface area (Å²) < 4.78 is 23.5. The zero-order valence-corrected chi connectivity index (χ0v) is 19.1. The van der Waals surface area contributed by atoms with Crippen LogP contribution in [0.3, 0.4) is 0 Å². The molecule has 188 valence electrons. The van der Waals surface area contributed by atoms with E-state index < -0.39 is 60.7 Å². The number of likely N-dealkylation sites (N-methyl/N-ethyl adjacent to an activating group) is 2. The highest BCUT2D eigenvalue weighted by atomic mass is 16.7. The van der Waals surface area contributed by atoms with Gasteiger partial charge in [-0.3, -0.25) is 0 Å². The number of nitrogens with one attached hydrogen (secondary N) is 2. The third-order valence-corrected chi connectivity index (χ3v) is 6.72. The van der Waals surface area contributed by atoms with Crippen LogP contribution in [0.4, 0.5) is 0 Å². The average Bonchev–Trinajstić information content (AvgIpc) is 2.72. The van der Waals surface area contributed by atoms with Gasteiger partial charge >= 0.3 is 0 Å². The molecule has 1 aliphatic carbocycles. The first-order valence-corrected chi connectivity index (χ1v) is 11.3. The smallest absolute Gasteiger partial charge is 0.185 e. The highest BCUT2D eigenvalue weighted by molar-refractivity contribution is 5.01. The van der Waals surface area contributed by atoms with Crippen LogP contribution in [0.2, 0.25) is 0 Å². The zero-order valence-electron chi connectivity index (χ0n) is 19.1. The van der Waals surface area contributed by atoms with Crippen molar-refractivity contribution < 1.29 is 34.3 Å². The summed E-state index contributed by atoms with van der Waals surface area (Å²) in [4.78, 5) is 0. The lowest BCUT2D eigenvalue weighted by atomic mass is 9.84. The van der Waals surface area contributed by atoms with Gasteiger partial charge in [-0.25, -0.2) is 0 Å². The van der Waals surface area contributed by atoms with Gasteiger partial charge in [0.05, 0.1) is 24.8 Å². The van der Waals surface area contributed by atoms with Gasteiger partial charge in [-0.2, -0.15) is 0 Å². The maximum atomic E-state index is 11.1. The fourth-order valence-electron chi connectivity index (χ4n) is 4.90. The Bertz CT molecular complexity index is 603. The summed E-state index contributed by atoms with van der Waals surface area (Å²) in [5.74, 6) is 0. The number of aliphatic hydroxyl groups is 3. The summed E-state index contributed by atoms with van der Waals surface area (Å²) in [6.45, 7) is 2.16. The Morgan fingerprint density at radius 1 is 0.969 bits per heavy atom. The lowest BCUT2D eigenvalue weighted by Gasteiger charge is -2.48. The first kappa shape index (κ1) is 26.1. The highest BCUT2D eigenvalue weighted by Crippen LogP contribution is 2.31. The first-order chi connectivity index (χ1) is 15.1. The van der Waals surface area contributed by atoms with Crippen LogP contribution < -0.4 is 27.8 Å². The standard InChI is InChI=1S/C20H41N5O7/c1-20(28)8-29-19(14(27)17(20)25-3)32-16-12(23)6-11(22)15(13(16)26)31-18-10(21)5-4-9(30-18)7-24-2/h9-19,24-28H,4-8,21-23H2,1-3H3/t9-,10+,11-,12+,13-,14+,15+,16-,17+,18-,19+,20-/m0/s1. The molecule has 2 heterocycles. The Labute approximate surface area is 189 Å². The molecule has 3 rings (SSSR count). The lowest BCUT2D eigenvalue weighted by Crippen LogP contribution is -2.68. The van der Waals surface area contributed by atoms with E-state index in [2.05, 4.69) is 10.6 Å². The molecule has 2 saturated heterocycles. The Balaban J connectivity index is 1.67. The molecule has 0 aromatic rings. The number of ether oxygens (including phenoxy) is 4. The Morgan fingerprint density at radius 2 is 1.59 bits per heavy atom. The van der Waals surface area contributed by atoms with Gasteiger partial charge in [0, 0.05) is 18.6 Å². The quantitative estimate of drug-likeness (QED) is 0.184. The van der Waals surface area contributed by atoms with Gasteiger partial charge in [0.2, 0.25) is 0 Å². The molecular weight excluding hydrogens is 422 g/mol. The van der Waals surface area contributed by atoms with Crippen molar-refractivity contribution in [3.63, 3.8) is 0 Å². The van der Waals surface area contributed by atoms with Crippen LogP contribution in [-0.2, 0) is 18.9 Å². The predicted molar refractivity (Wildman–Crippen MR) is 115 cm³/mol. The molecule has 0 bridgehead atoms. The maximum Gasteiger partial charge on any atom is 0.185 e. The van der Waals surface area contributed by atoms with Crippen molar-refractivity contribution in [2.75, 3.05) is 27.2 Å². The van der Waals surface area contributed by atoms with E-state index in [1.165, 1.54) is 0 Å². The molecule has 12 heteroatoms. The molecule has 3 fully saturated rings. The number of hydrogen-bond donors (Lipinski definition) is 8. The molecule has 12 atom stereocenters. The molecule has 2 aliphatic heterocycles. The van der Waals surface area contributed by atoms with Gasteiger partial charge in [-0.1, -0.05) is 0 Å². The molecule has 0 amide bonds. The molecule has 11 N–H and O–H groups in total. The number of nitrogens with two attached hydrogens (primary N) is 3. The van der Waals surface area contributed by atoms with Crippen molar-refractivity contribution in [2.24, 2.45) is 17.2 Å². The molecule has 12 nitrogen and oxygen atoms in total. The van der Waals surface area contributed by atoms with Crippen molar-refractivity contribution in [2.45, 2.75) is 99.1 Å². The van der Waals surface area contributed by atoms with Crippen molar-refractivity contribution in [1.29, 1.82) is 0 Å². The van der Waals surface area contributed by atoms with Crippen LogP contribution in [0, 0.1) is 0 Å². The van der Waals surface area contributed by atoms with Gasteiger partial charge in [-0.15, -0.1) is 0 Å². The fraction of sp³-hybridized carbons (Fsp3) is 1.00. The second-order valence-corrected chi connectivity index (χ2v) is 9.47. The van der Waals surface area contributed by atoms with E-state index in [0.717, 1.165) is 12.8 Å². The highest BCUT2D eigenvalue weighted by Gasteiger charge is 2.50. The molecule has 0 radical (unpaired) electrons. The third-order valence-electron chi connectivity index (χ3n) is 6.72. The Kier molecular flexibility index (Phi) is 8.86. The van der Waals surface area contributed by atoms with Gasteiger partial charge < -0.3 is 62.1 Å². The summed E-state index contributed by atoms with van der Waals surface area (Å²) in [6.07, 6.45) is -4.12. The lowest BCUT2D eigenvalue weighted by molar-refractivity contribution is -0.306. The maximum absolute atomic E-state index is 11.1. The topological polar surface area (TPSA) is 200 Å². The largest absolute Gasteiger partial charge is 0.388 e. The number of hydrogen-bond acceptors (Lipinski definition) is 12. The van der Waals surface area contributed by atoms with Crippen LogP contribution in [-0.4, -0.2) is 115 Å². The van der Waals surface area contributed by atoms with E-state index >= 15 is 0 Å². The van der Waals surface area contributed by atoms with Gasteiger partial charge in [0.1, 0.15) is 30.0 Å². The molecule has 0 aromatic heterocycles. The first-order valence-electron chi connectivity index (χ1n) is 11.3. The normalized spacial score (nSPS) is 50.3. The molecule has 32 heavy (non-hydrogen) atoms. The average molecular weight is 464 g/mol. The van der Waals surface area contributed by atoms with Crippen molar-refractivity contribution in [1.82, 2.24) is 10.6 Å². The monoisotopic (exact) mass is 463 g/mol. The van der Waals surface area contributed by atoms with Crippen LogP contribution in [0.25, 0.3) is 0 Å². The minimum Gasteiger partial charge on any atom is -0.388 e. The second-order valence-electron chi connectivity index (χ2n) is 9.47. The fourth-order valence-corrected chi connectivity index (χ4v) is 4.90. The van der Waals surface area contributed by atoms with E-state index in [9.17, 15) is 15.3 Å². The van der Waals surface area contributed by atoms with Crippen LogP contribution in [0.5, 0.6) is 0 Å². The minimum atomic E-state index is -1.28. The molecule has 3 aliphatic rings. The Hall–Kier alpha value is -0.480. The van der Waals surface area contributed by atoms with Crippen molar-refractivity contribution >= 4 is 0 Å². The van der Waals surface area contributed by atoms with Gasteiger partial charge in [0.15, 0.2) is 12.6 Å². The number of aliphatic hydroxyl groups excluding tert-OH is 2. The van der Waals surface area contributed by atoms with Crippen LogP contribution in [0.1, 0.15) is 26.2 Å². The molecule has 0 spiro atoms. The van der Waals surface area contributed by atoms with Gasteiger partial charge in [-0.05, 0) is 40.3 Å². The minimum absolute atomic E-state index is 0.0480. The van der Waals surface area contributed by atoms with Crippen molar-refractivity contribution in [3.8, 4) is 0 Å². The Morgan fingerprint density at radius 3 is 2.19 bits per heavy atom. The van der Waals surface area contributed by atoms with Gasteiger partial charge in [0.25, 0.3) is 0 Å². The number of rotatable bonds is 7. The molecular formula is C20H41N5O7. The van der Waals surface area contributed by atoms with E-state index in [1.807, 2.05) is 7.05 Å². The predicted octanol–water partition coefficient (Wildman–Crippen LogP) is -3.72. The summed E-state index contributed by atoms with van der Waals surface area (Å²) in [7, 11) is 3.47. The zero-order chi connectivity index (χ0) is 23.6. The summed E-state index contributed by atoms with van der Waals surface area (Å²) in [5.41, 5.74) is 17.4. The summed E-state index contributed by atoms with van der Waals surface area (Å²) in [5, 5.41) is 38.1. The SMILES string of the molecule is CNC[C@@H]1CC[C@@H](N)[C@H](O[C@H]2[C@H](O)[C@@H](O[C@H]3OC[C@](C)(O)[C@H](NC)[C@H]3O)[C@H](N)C[C@@H]2N)O1. The molecule has 0 unspecified atom stereocenters. The van der Waals surface area contributed by atoms with E-state index in [0.29, 0.717) is 13.0 Å². The summed E-state index contributed by atoms with van der Waals surface area (Å²) >= 11 is 0. The third kappa shape index (κ3) is 5.59. The van der Waals surface area contributed by atoms with Crippen LogP contribution in [0.15, 0.2) is 0 Å². The van der Waals surface area contributed by atoms with E-state index in [-0.39, 0.29) is 18.8 Å². The second kappa shape index (κ2) is 10.8. The molecule has 1 saturated carbocycles. The molecule has 0 aromatic carbocycles. The summed E-state index contributed by atoms with van der Waals surface area (Å²) in [6, 6.07) is -2.20.